The third-order valence-electron chi connectivity index (χ3n) is 6.13. The van der Waals surface area contributed by atoms with Crippen LogP contribution in [0, 0.1) is 13.8 Å². The van der Waals surface area contributed by atoms with E-state index in [1.54, 1.807) is 49.4 Å². The van der Waals surface area contributed by atoms with Crippen molar-refractivity contribution in [1.82, 2.24) is 10.2 Å². The molecular formula is C29H35N3O4S. The van der Waals surface area contributed by atoms with Crippen LogP contribution in [-0.2, 0) is 26.2 Å². The third-order valence-corrected chi connectivity index (χ3v) is 7.92. The number of rotatable bonds is 10. The van der Waals surface area contributed by atoms with Gasteiger partial charge in [0.25, 0.3) is 10.0 Å². The van der Waals surface area contributed by atoms with Gasteiger partial charge in [-0.1, -0.05) is 60.2 Å². The Morgan fingerprint density at radius 3 is 2.03 bits per heavy atom. The summed E-state index contributed by atoms with van der Waals surface area (Å²) in [6, 6.07) is 21.8. The topological polar surface area (TPSA) is 86.8 Å². The van der Waals surface area contributed by atoms with Gasteiger partial charge in [0, 0.05) is 12.6 Å². The summed E-state index contributed by atoms with van der Waals surface area (Å²) in [5.74, 6) is -0.779. The van der Waals surface area contributed by atoms with Crippen LogP contribution in [0.3, 0.4) is 0 Å². The molecule has 0 spiro atoms. The van der Waals surface area contributed by atoms with E-state index in [0.29, 0.717) is 5.69 Å². The summed E-state index contributed by atoms with van der Waals surface area (Å²) in [5.41, 5.74) is 3.15. The average Bonchev–Trinajstić information content (AvgIpc) is 2.86. The molecule has 1 N–H and O–H groups in total. The Kier molecular flexibility index (Phi) is 9.10. The molecule has 0 saturated carbocycles. The first kappa shape index (κ1) is 27.9. The highest BCUT2D eigenvalue weighted by Crippen LogP contribution is 2.25. The zero-order chi connectivity index (χ0) is 27.2. The second kappa shape index (κ2) is 12.1. The van der Waals surface area contributed by atoms with Crippen LogP contribution in [0.2, 0.25) is 0 Å². The molecule has 0 radical (unpaired) electrons. The highest BCUT2D eigenvalue weighted by molar-refractivity contribution is 7.92. The van der Waals surface area contributed by atoms with E-state index in [9.17, 15) is 18.0 Å². The summed E-state index contributed by atoms with van der Waals surface area (Å²) >= 11 is 0. The molecule has 0 unspecified atom stereocenters. The van der Waals surface area contributed by atoms with Gasteiger partial charge in [-0.05, 0) is 70.0 Å². The molecule has 0 aliphatic rings. The van der Waals surface area contributed by atoms with E-state index in [1.807, 2.05) is 52.0 Å². The number of nitrogens with one attached hydrogen (secondary N) is 1. The Morgan fingerprint density at radius 1 is 0.838 bits per heavy atom. The minimum atomic E-state index is -4.06. The van der Waals surface area contributed by atoms with Crippen LogP contribution in [0.25, 0.3) is 0 Å². The van der Waals surface area contributed by atoms with Gasteiger partial charge in [0.2, 0.25) is 11.8 Å². The van der Waals surface area contributed by atoms with Crippen LogP contribution in [0.1, 0.15) is 37.5 Å². The van der Waals surface area contributed by atoms with Crippen LogP contribution in [0.15, 0.2) is 83.8 Å². The largest absolute Gasteiger partial charge is 0.352 e. The summed E-state index contributed by atoms with van der Waals surface area (Å²) in [6.45, 7) is 8.90. The molecule has 0 aliphatic carbocycles. The molecule has 0 aromatic heterocycles. The van der Waals surface area contributed by atoms with Crippen molar-refractivity contribution in [2.24, 2.45) is 0 Å². The summed E-state index contributed by atoms with van der Waals surface area (Å²) in [5, 5.41) is 2.86. The zero-order valence-electron chi connectivity index (χ0n) is 22.0. The van der Waals surface area contributed by atoms with Crippen LogP contribution < -0.4 is 9.62 Å². The maximum Gasteiger partial charge on any atom is 0.264 e. The minimum Gasteiger partial charge on any atom is -0.352 e. The smallest absolute Gasteiger partial charge is 0.264 e. The van der Waals surface area contributed by atoms with E-state index >= 15 is 0 Å². The van der Waals surface area contributed by atoms with Gasteiger partial charge < -0.3 is 10.2 Å². The number of para-hydroxylation sites is 1. The van der Waals surface area contributed by atoms with Crippen molar-refractivity contribution in [2.75, 3.05) is 10.8 Å². The lowest BCUT2D eigenvalue weighted by Gasteiger charge is -2.32. The zero-order valence-corrected chi connectivity index (χ0v) is 22.8. The second-order valence-electron chi connectivity index (χ2n) is 9.45. The van der Waals surface area contributed by atoms with Crippen molar-refractivity contribution in [2.45, 2.75) is 58.1 Å². The predicted molar refractivity (Wildman–Crippen MR) is 147 cm³/mol. The standard InChI is InChI=1S/C29H35N3O4S/c1-21(2)30-29(34)24(5)31(19-25-12-10-9-11-23(25)4)28(33)20-32(26-13-7-6-8-14-26)37(35,36)27-17-15-22(3)16-18-27/h6-18,21,24H,19-20H2,1-5H3,(H,30,34)/t24-/m1/s1. The van der Waals surface area contributed by atoms with Crippen molar-refractivity contribution < 1.29 is 18.0 Å². The van der Waals surface area contributed by atoms with Crippen LogP contribution >= 0.6 is 0 Å². The van der Waals surface area contributed by atoms with Crippen LogP contribution in [0.4, 0.5) is 5.69 Å². The van der Waals surface area contributed by atoms with Gasteiger partial charge in [-0.15, -0.1) is 0 Å². The average molecular weight is 522 g/mol. The van der Waals surface area contributed by atoms with E-state index in [4.69, 9.17) is 0 Å². The molecule has 0 aliphatic heterocycles. The maximum atomic E-state index is 13.8. The van der Waals surface area contributed by atoms with E-state index in [0.717, 1.165) is 21.0 Å². The number of carbonyl (C=O) groups is 2. The Labute approximate surface area is 220 Å². The number of sulfonamides is 1. The molecule has 196 valence electrons. The SMILES string of the molecule is Cc1ccc(S(=O)(=O)N(CC(=O)N(Cc2ccccc2C)[C@H](C)C(=O)NC(C)C)c2ccccc2)cc1. The lowest BCUT2D eigenvalue weighted by atomic mass is 10.1. The molecule has 7 nitrogen and oxygen atoms in total. The van der Waals surface area contributed by atoms with E-state index in [2.05, 4.69) is 5.32 Å². The number of aryl methyl sites for hydroxylation is 2. The molecule has 0 fully saturated rings. The predicted octanol–water partition coefficient (Wildman–Crippen LogP) is 4.44. The highest BCUT2D eigenvalue weighted by atomic mass is 32.2. The van der Waals surface area contributed by atoms with Gasteiger partial charge in [-0.2, -0.15) is 0 Å². The minimum absolute atomic E-state index is 0.0887. The summed E-state index contributed by atoms with van der Waals surface area (Å²) in [6.07, 6.45) is 0. The first-order chi connectivity index (χ1) is 17.5. The fourth-order valence-electron chi connectivity index (χ4n) is 3.92. The lowest BCUT2D eigenvalue weighted by Crippen LogP contribution is -2.52. The van der Waals surface area contributed by atoms with Gasteiger partial charge >= 0.3 is 0 Å². The summed E-state index contributed by atoms with van der Waals surface area (Å²) in [7, 11) is -4.06. The summed E-state index contributed by atoms with van der Waals surface area (Å²) in [4.78, 5) is 28.3. The number of hydrogen-bond acceptors (Lipinski definition) is 4. The van der Waals surface area contributed by atoms with Gasteiger partial charge in [0.05, 0.1) is 10.6 Å². The molecule has 1 atom stereocenters. The number of anilines is 1. The van der Waals surface area contributed by atoms with Crippen molar-refractivity contribution in [3.8, 4) is 0 Å². The van der Waals surface area contributed by atoms with Crippen molar-refractivity contribution >= 4 is 27.5 Å². The van der Waals surface area contributed by atoms with Crippen molar-refractivity contribution in [3.05, 3.63) is 95.6 Å². The molecular weight excluding hydrogens is 486 g/mol. The van der Waals surface area contributed by atoms with E-state index in [-0.39, 0.29) is 23.4 Å². The molecule has 0 bridgehead atoms. The molecule has 8 heteroatoms. The van der Waals surface area contributed by atoms with Gasteiger partial charge in [-0.3, -0.25) is 13.9 Å². The molecule has 37 heavy (non-hydrogen) atoms. The Bertz CT molecular complexity index is 1320. The molecule has 3 aromatic rings. The maximum absolute atomic E-state index is 13.8. The van der Waals surface area contributed by atoms with Gasteiger partial charge in [0.1, 0.15) is 12.6 Å². The number of benzene rings is 3. The number of carbonyl (C=O) groups excluding carboxylic acids is 2. The normalized spacial score (nSPS) is 12.2. The Morgan fingerprint density at radius 2 is 1.43 bits per heavy atom. The Hall–Kier alpha value is -3.65. The molecule has 0 heterocycles. The number of hydrogen-bond donors (Lipinski definition) is 1. The molecule has 0 saturated heterocycles. The lowest BCUT2D eigenvalue weighted by molar-refractivity contribution is -0.139. The number of amides is 2. The van der Waals surface area contributed by atoms with Gasteiger partial charge in [0.15, 0.2) is 0 Å². The molecule has 3 rings (SSSR count). The fraction of sp³-hybridized carbons (Fsp3) is 0.310. The quantitative estimate of drug-likeness (QED) is 0.427. The first-order valence-corrected chi connectivity index (χ1v) is 13.7. The van der Waals surface area contributed by atoms with E-state index in [1.165, 1.54) is 17.0 Å². The molecule has 2 amide bonds. The number of nitrogens with zero attached hydrogens (tertiary/aromatic N) is 2. The van der Waals surface area contributed by atoms with Crippen LogP contribution in [0.5, 0.6) is 0 Å². The van der Waals surface area contributed by atoms with Crippen molar-refractivity contribution in [3.63, 3.8) is 0 Å². The van der Waals surface area contributed by atoms with Crippen LogP contribution in [-0.4, -0.2) is 43.8 Å². The first-order valence-electron chi connectivity index (χ1n) is 12.3. The third kappa shape index (κ3) is 6.98. The van der Waals surface area contributed by atoms with E-state index < -0.39 is 28.5 Å². The highest BCUT2D eigenvalue weighted by Gasteiger charge is 2.32. The second-order valence-corrected chi connectivity index (χ2v) is 11.3. The molecule has 3 aromatic carbocycles. The van der Waals surface area contributed by atoms with Crippen molar-refractivity contribution in [1.29, 1.82) is 0 Å². The Balaban J connectivity index is 2.01. The van der Waals surface area contributed by atoms with Gasteiger partial charge in [-0.25, -0.2) is 8.42 Å². The summed E-state index contributed by atoms with van der Waals surface area (Å²) < 4.78 is 28.6. The monoisotopic (exact) mass is 521 g/mol. The fourth-order valence-corrected chi connectivity index (χ4v) is 5.33.